The number of anilines is 1. The van der Waals surface area contributed by atoms with Gasteiger partial charge in [0.1, 0.15) is 0 Å². The first-order chi connectivity index (χ1) is 9.54. The van der Waals surface area contributed by atoms with Gasteiger partial charge in [0.2, 0.25) is 5.91 Å². The summed E-state index contributed by atoms with van der Waals surface area (Å²) in [5, 5.41) is 2.77. The summed E-state index contributed by atoms with van der Waals surface area (Å²) in [4.78, 5) is 13.5. The van der Waals surface area contributed by atoms with E-state index in [0.29, 0.717) is 12.2 Å². The summed E-state index contributed by atoms with van der Waals surface area (Å²) in [6, 6.07) is 7.53. The molecule has 1 saturated carbocycles. The lowest BCUT2D eigenvalue weighted by Crippen LogP contribution is -2.33. The first kappa shape index (κ1) is 15.4. The van der Waals surface area contributed by atoms with Gasteiger partial charge in [-0.3, -0.25) is 9.69 Å². The molecule has 3 nitrogen and oxygen atoms in total. The molecule has 1 fully saturated rings. The van der Waals surface area contributed by atoms with Crippen molar-refractivity contribution in [1.82, 2.24) is 4.90 Å². The lowest BCUT2D eigenvalue weighted by Gasteiger charge is -2.20. The van der Waals surface area contributed by atoms with Crippen molar-refractivity contribution in [2.75, 3.05) is 18.4 Å². The molecule has 6 heteroatoms. The van der Waals surface area contributed by atoms with Crippen LogP contribution in [-0.4, -0.2) is 36.4 Å². The van der Waals surface area contributed by atoms with Gasteiger partial charge in [-0.2, -0.15) is 0 Å². The minimum atomic E-state index is -2.34. The monoisotopic (exact) mass is 346 g/mol. The van der Waals surface area contributed by atoms with Gasteiger partial charge >= 0.3 is 0 Å². The molecular weight excluding hydrogens is 330 g/mol. The van der Waals surface area contributed by atoms with Gasteiger partial charge in [-0.15, -0.1) is 0 Å². The van der Waals surface area contributed by atoms with Crippen molar-refractivity contribution in [3.8, 4) is 0 Å². The number of carbonyl (C=O) groups is 1. The number of nitrogens with zero attached hydrogens (tertiary/aromatic N) is 1. The quantitative estimate of drug-likeness (QED) is 0.819. The second kappa shape index (κ2) is 7.13. The van der Waals surface area contributed by atoms with E-state index in [1.807, 2.05) is 12.1 Å². The van der Waals surface area contributed by atoms with Gasteiger partial charge in [-0.25, -0.2) is 8.78 Å². The standard InChI is InChI=1S/C14H17BrF2N2O/c15-10-2-1-3-11(8-10)18-14(20)6-7-19(9-13(16)17)12-4-5-12/h1-3,8,12-13H,4-7,9H2,(H,18,20). The zero-order valence-electron chi connectivity index (χ0n) is 11.0. The van der Waals surface area contributed by atoms with E-state index in [1.54, 1.807) is 17.0 Å². The van der Waals surface area contributed by atoms with Crippen molar-refractivity contribution < 1.29 is 13.6 Å². The molecule has 0 aromatic heterocycles. The minimum Gasteiger partial charge on any atom is -0.326 e. The molecule has 1 aromatic carbocycles. The Bertz CT molecular complexity index is 466. The number of amides is 1. The fourth-order valence-electron chi connectivity index (χ4n) is 2.07. The van der Waals surface area contributed by atoms with Crippen LogP contribution in [0.4, 0.5) is 14.5 Å². The molecule has 0 heterocycles. The third kappa shape index (κ3) is 5.17. The number of alkyl halides is 2. The Kier molecular flexibility index (Phi) is 5.48. The molecule has 1 aromatic rings. The van der Waals surface area contributed by atoms with Crippen molar-refractivity contribution in [3.05, 3.63) is 28.7 Å². The highest BCUT2D eigenvalue weighted by Gasteiger charge is 2.30. The average molecular weight is 347 g/mol. The molecule has 0 atom stereocenters. The Morgan fingerprint density at radius 1 is 1.45 bits per heavy atom. The van der Waals surface area contributed by atoms with Gasteiger partial charge in [-0.05, 0) is 31.0 Å². The zero-order chi connectivity index (χ0) is 14.5. The molecule has 0 spiro atoms. The maximum atomic E-state index is 12.4. The third-order valence-corrected chi connectivity index (χ3v) is 3.66. The van der Waals surface area contributed by atoms with E-state index in [1.165, 1.54) is 0 Å². The Labute approximate surface area is 125 Å². The number of halogens is 3. The number of hydrogen-bond donors (Lipinski definition) is 1. The van der Waals surface area contributed by atoms with Crippen molar-refractivity contribution in [1.29, 1.82) is 0 Å². The van der Waals surface area contributed by atoms with E-state index >= 15 is 0 Å². The molecule has 0 unspecified atom stereocenters. The first-order valence-electron chi connectivity index (χ1n) is 6.62. The van der Waals surface area contributed by atoms with E-state index < -0.39 is 6.43 Å². The number of nitrogens with one attached hydrogen (secondary N) is 1. The number of carbonyl (C=O) groups excluding carboxylic acids is 1. The lowest BCUT2D eigenvalue weighted by molar-refractivity contribution is -0.116. The van der Waals surface area contributed by atoms with Crippen molar-refractivity contribution >= 4 is 27.5 Å². The van der Waals surface area contributed by atoms with Gasteiger partial charge in [0, 0.05) is 29.2 Å². The molecule has 110 valence electrons. The number of hydrogen-bond acceptors (Lipinski definition) is 2. The molecule has 20 heavy (non-hydrogen) atoms. The summed E-state index contributed by atoms with van der Waals surface area (Å²) in [6.07, 6.45) is -0.195. The maximum Gasteiger partial charge on any atom is 0.251 e. The van der Waals surface area contributed by atoms with E-state index in [-0.39, 0.29) is 24.9 Å². The van der Waals surface area contributed by atoms with E-state index in [9.17, 15) is 13.6 Å². The third-order valence-electron chi connectivity index (χ3n) is 3.17. The highest BCUT2D eigenvalue weighted by molar-refractivity contribution is 9.10. The molecule has 0 saturated heterocycles. The second-order valence-corrected chi connectivity index (χ2v) is 5.84. The Balaban J connectivity index is 1.79. The fraction of sp³-hybridized carbons (Fsp3) is 0.500. The predicted molar refractivity (Wildman–Crippen MR) is 78.0 cm³/mol. The first-order valence-corrected chi connectivity index (χ1v) is 7.41. The molecule has 1 aliphatic rings. The largest absolute Gasteiger partial charge is 0.326 e. The SMILES string of the molecule is O=C(CCN(CC(F)F)C1CC1)Nc1cccc(Br)c1. The van der Waals surface area contributed by atoms with Crippen molar-refractivity contribution in [2.45, 2.75) is 31.7 Å². The van der Waals surface area contributed by atoms with Crippen LogP contribution in [-0.2, 0) is 4.79 Å². The summed E-state index contributed by atoms with van der Waals surface area (Å²) in [7, 11) is 0. The van der Waals surface area contributed by atoms with Gasteiger partial charge < -0.3 is 5.32 Å². The lowest BCUT2D eigenvalue weighted by atomic mass is 10.3. The van der Waals surface area contributed by atoms with Crippen LogP contribution in [0, 0.1) is 0 Å². The summed E-state index contributed by atoms with van der Waals surface area (Å²) in [5.41, 5.74) is 0.705. The van der Waals surface area contributed by atoms with E-state index in [0.717, 1.165) is 17.3 Å². The smallest absolute Gasteiger partial charge is 0.251 e. The van der Waals surface area contributed by atoms with Crippen LogP contribution < -0.4 is 5.32 Å². The van der Waals surface area contributed by atoms with Crippen LogP contribution in [0.5, 0.6) is 0 Å². The maximum absolute atomic E-state index is 12.4. The summed E-state index contributed by atoms with van der Waals surface area (Å²) >= 11 is 3.33. The number of benzene rings is 1. The second-order valence-electron chi connectivity index (χ2n) is 4.93. The fourth-order valence-corrected chi connectivity index (χ4v) is 2.47. The van der Waals surface area contributed by atoms with Crippen molar-refractivity contribution in [2.24, 2.45) is 0 Å². The van der Waals surface area contributed by atoms with Crippen LogP contribution in [0.15, 0.2) is 28.7 Å². The van der Waals surface area contributed by atoms with Crippen LogP contribution >= 0.6 is 15.9 Å². The average Bonchev–Trinajstić information content (AvgIpc) is 3.18. The summed E-state index contributed by atoms with van der Waals surface area (Å²) in [5.74, 6) is -0.150. The van der Waals surface area contributed by atoms with Gasteiger partial charge in [0.15, 0.2) is 0 Å². The molecule has 1 N–H and O–H groups in total. The highest BCUT2D eigenvalue weighted by atomic mass is 79.9. The van der Waals surface area contributed by atoms with Crippen LogP contribution in [0.3, 0.4) is 0 Å². The highest BCUT2D eigenvalue weighted by Crippen LogP contribution is 2.27. The van der Waals surface area contributed by atoms with E-state index in [4.69, 9.17) is 0 Å². The Morgan fingerprint density at radius 2 is 2.20 bits per heavy atom. The van der Waals surface area contributed by atoms with Gasteiger partial charge in [0.05, 0.1) is 6.54 Å². The molecule has 1 amide bonds. The molecule has 2 rings (SSSR count). The molecule has 0 bridgehead atoms. The Morgan fingerprint density at radius 3 is 2.80 bits per heavy atom. The summed E-state index contributed by atoms with van der Waals surface area (Å²) < 4.78 is 25.8. The minimum absolute atomic E-state index is 0.150. The van der Waals surface area contributed by atoms with Gasteiger partial charge in [-0.1, -0.05) is 22.0 Å². The normalized spacial score (nSPS) is 14.8. The van der Waals surface area contributed by atoms with E-state index in [2.05, 4.69) is 21.2 Å². The van der Waals surface area contributed by atoms with Crippen LogP contribution in [0.2, 0.25) is 0 Å². The molecule has 0 radical (unpaired) electrons. The zero-order valence-corrected chi connectivity index (χ0v) is 12.6. The molecule has 1 aliphatic carbocycles. The summed E-state index contributed by atoms with van der Waals surface area (Å²) in [6.45, 7) is 0.143. The molecular formula is C14H17BrF2N2O. The van der Waals surface area contributed by atoms with Crippen LogP contribution in [0.25, 0.3) is 0 Å². The predicted octanol–water partition coefficient (Wildman–Crippen LogP) is 3.51. The number of rotatable bonds is 7. The molecule has 0 aliphatic heterocycles. The topological polar surface area (TPSA) is 32.3 Å². The van der Waals surface area contributed by atoms with Crippen LogP contribution in [0.1, 0.15) is 19.3 Å². The Hall–Kier alpha value is -1.01. The van der Waals surface area contributed by atoms with Gasteiger partial charge in [0.25, 0.3) is 6.43 Å². The van der Waals surface area contributed by atoms with Crippen molar-refractivity contribution in [3.63, 3.8) is 0 Å².